The molecule has 0 aromatic heterocycles. The molecular formula is C12H16F3NO. The average Bonchev–Trinajstić information content (AvgIpc) is 2.24. The van der Waals surface area contributed by atoms with E-state index in [9.17, 15) is 13.2 Å². The Morgan fingerprint density at radius 3 is 2.29 bits per heavy atom. The molecule has 1 aromatic carbocycles. The van der Waals surface area contributed by atoms with E-state index < -0.39 is 12.6 Å². The van der Waals surface area contributed by atoms with Crippen molar-refractivity contribution in [2.24, 2.45) is 5.73 Å². The summed E-state index contributed by atoms with van der Waals surface area (Å²) in [6.07, 6.45) is -4.95. The molecule has 0 amide bonds. The van der Waals surface area contributed by atoms with Gasteiger partial charge in [-0.25, -0.2) is 0 Å². The highest BCUT2D eigenvalue weighted by Gasteiger charge is 2.26. The first-order valence-corrected chi connectivity index (χ1v) is 5.43. The molecule has 96 valence electrons. The van der Waals surface area contributed by atoms with Crippen molar-refractivity contribution in [3.8, 4) is 5.75 Å². The van der Waals surface area contributed by atoms with E-state index >= 15 is 0 Å². The first-order chi connectivity index (χ1) is 7.88. The Morgan fingerprint density at radius 1 is 1.24 bits per heavy atom. The van der Waals surface area contributed by atoms with Crippen molar-refractivity contribution in [2.45, 2.75) is 32.0 Å². The van der Waals surface area contributed by atoms with E-state index in [2.05, 4.69) is 0 Å². The highest BCUT2D eigenvalue weighted by atomic mass is 19.4. The summed E-state index contributed by atoms with van der Waals surface area (Å²) in [5.74, 6) is 0.566. The van der Waals surface area contributed by atoms with Gasteiger partial charge in [0.05, 0.1) is 6.61 Å². The van der Waals surface area contributed by atoms with Crippen LogP contribution in [-0.2, 0) is 0 Å². The number of ether oxygens (including phenoxy) is 1. The van der Waals surface area contributed by atoms with Crippen LogP contribution in [0, 0.1) is 0 Å². The van der Waals surface area contributed by atoms with Crippen molar-refractivity contribution < 1.29 is 17.9 Å². The van der Waals surface area contributed by atoms with E-state index in [1.165, 1.54) is 0 Å². The predicted octanol–water partition coefficient (Wildman–Crippen LogP) is 3.43. The molecule has 1 aromatic rings. The quantitative estimate of drug-likeness (QED) is 0.809. The minimum atomic E-state index is -4.11. The zero-order chi connectivity index (χ0) is 12.9. The molecule has 0 radical (unpaired) electrons. The Kier molecular flexibility index (Phi) is 4.81. The summed E-state index contributed by atoms with van der Waals surface area (Å²) in [6.45, 7) is 1.93. The number of hydrogen-bond acceptors (Lipinski definition) is 2. The summed E-state index contributed by atoms with van der Waals surface area (Å²) in [5.41, 5.74) is 6.63. The number of nitrogens with two attached hydrogens (primary N) is 1. The van der Waals surface area contributed by atoms with E-state index in [-0.39, 0.29) is 19.1 Å². The maximum atomic E-state index is 11.9. The Hall–Kier alpha value is -1.23. The van der Waals surface area contributed by atoms with Gasteiger partial charge >= 0.3 is 6.18 Å². The first-order valence-electron chi connectivity index (χ1n) is 5.43. The molecule has 1 rings (SSSR count). The molecule has 0 aliphatic rings. The highest BCUT2D eigenvalue weighted by Crippen LogP contribution is 2.22. The largest absolute Gasteiger partial charge is 0.494 e. The summed E-state index contributed by atoms with van der Waals surface area (Å²) in [5, 5.41) is 0. The van der Waals surface area contributed by atoms with Crippen LogP contribution >= 0.6 is 0 Å². The summed E-state index contributed by atoms with van der Waals surface area (Å²) in [4.78, 5) is 0. The maximum absolute atomic E-state index is 11.9. The molecule has 1 atom stereocenters. The van der Waals surface area contributed by atoms with E-state index in [4.69, 9.17) is 10.5 Å². The molecule has 0 aliphatic carbocycles. The zero-order valence-corrected chi connectivity index (χ0v) is 9.63. The smallest absolute Gasteiger partial charge is 0.389 e. The van der Waals surface area contributed by atoms with Crippen molar-refractivity contribution in [1.29, 1.82) is 0 Å². The minimum Gasteiger partial charge on any atom is -0.494 e. The lowest BCUT2D eigenvalue weighted by Crippen LogP contribution is -2.09. The molecule has 0 saturated carbocycles. The van der Waals surface area contributed by atoms with Gasteiger partial charge in [0.1, 0.15) is 5.75 Å². The average molecular weight is 247 g/mol. The molecule has 0 fully saturated rings. The normalized spacial score (nSPS) is 13.5. The van der Waals surface area contributed by atoms with Crippen molar-refractivity contribution in [1.82, 2.24) is 0 Å². The number of rotatable bonds is 5. The third kappa shape index (κ3) is 5.58. The third-order valence-electron chi connectivity index (χ3n) is 2.28. The van der Waals surface area contributed by atoms with Crippen LogP contribution in [-0.4, -0.2) is 12.8 Å². The molecule has 0 aliphatic heterocycles. The lowest BCUT2D eigenvalue weighted by atomic mass is 10.1. The fourth-order valence-electron chi connectivity index (χ4n) is 1.33. The Morgan fingerprint density at radius 2 is 1.82 bits per heavy atom. The number of hydrogen-bond donors (Lipinski definition) is 1. The van der Waals surface area contributed by atoms with E-state index in [1.807, 2.05) is 19.1 Å². The van der Waals surface area contributed by atoms with Gasteiger partial charge in [-0.1, -0.05) is 12.1 Å². The molecule has 5 heteroatoms. The van der Waals surface area contributed by atoms with Gasteiger partial charge in [0.2, 0.25) is 0 Å². The van der Waals surface area contributed by atoms with Crippen molar-refractivity contribution in [3.63, 3.8) is 0 Å². The van der Waals surface area contributed by atoms with Crippen LogP contribution in [0.2, 0.25) is 0 Å². The lowest BCUT2D eigenvalue weighted by molar-refractivity contribution is -0.136. The first kappa shape index (κ1) is 13.8. The zero-order valence-electron chi connectivity index (χ0n) is 9.63. The summed E-state index contributed by atoms with van der Waals surface area (Å²) in [6, 6.07) is 6.99. The standard InChI is InChI=1S/C12H16F3NO/c1-9(16)10-3-5-11(6-4-10)17-8-2-7-12(13,14)15/h3-6,9H,2,7-8,16H2,1H3. The maximum Gasteiger partial charge on any atom is 0.389 e. The van der Waals surface area contributed by atoms with Crippen LogP contribution in [0.5, 0.6) is 5.75 Å². The monoisotopic (exact) mass is 247 g/mol. The molecule has 17 heavy (non-hydrogen) atoms. The minimum absolute atomic E-state index is 0.0292. The Balaban J connectivity index is 2.33. The van der Waals surface area contributed by atoms with Crippen molar-refractivity contribution in [3.05, 3.63) is 29.8 Å². The van der Waals surface area contributed by atoms with Crippen LogP contribution in [0.3, 0.4) is 0 Å². The molecule has 0 spiro atoms. The number of alkyl halides is 3. The Labute approximate surface area is 98.6 Å². The van der Waals surface area contributed by atoms with Crippen LogP contribution in [0.15, 0.2) is 24.3 Å². The van der Waals surface area contributed by atoms with Gasteiger partial charge in [-0.15, -0.1) is 0 Å². The fraction of sp³-hybridized carbons (Fsp3) is 0.500. The van der Waals surface area contributed by atoms with Crippen molar-refractivity contribution >= 4 is 0 Å². The second kappa shape index (κ2) is 5.91. The highest BCUT2D eigenvalue weighted by molar-refractivity contribution is 5.28. The molecular weight excluding hydrogens is 231 g/mol. The van der Waals surface area contributed by atoms with E-state index in [0.717, 1.165) is 5.56 Å². The van der Waals surface area contributed by atoms with Gasteiger partial charge in [0.25, 0.3) is 0 Å². The summed E-state index contributed by atoms with van der Waals surface area (Å²) < 4.78 is 40.8. The molecule has 2 N–H and O–H groups in total. The number of benzene rings is 1. The predicted molar refractivity (Wildman–Crippen MR) is 59.8 cm³/mol. The van der Waals surface area contributed by atoms with Crippen molar-refractivity contribution in [2.75, 3.05) is 6.61 Å². The molecule has 0 heterocycles. The fourth-order valence-corrected chi connectivity index (χ4v) is 1.33. The van der Waals surface area contributed by atoms with Crippen LogP contribution in [0.4, 0.5) is 13.2 Å². The molecule has 0 bridgehead atoms. The van der Waals surface area contributed by atoms with Gasteiger partial charge < -0.3 is 10.5 Å². The second-order valence-corrected chi connectivity index (χ2v) is 3.92. The van der Waals surface area contributed by atoms with Crippen LogP contribution in [0.25, 0.3) is 0 Å². The van der Waals surface area contributed by atoms with Gasteiger partial charge in [0, 0.05) is 12.5 Å². The van der Waals surface area contributed by atoms with Gasteiger partial charge in [-0.05, 0) is 31.0 Å². The van der Waals surface area contributed by atoms with Crippen LogP contribution < -0.4 is 10.5 Å². The summed E-state index contributed by atoms with van der Waals surface area (Å²) in [7, 11) is 0. The third-order valence-corrected chi connectivity index (χ3v) is 2.28. The Bertz CT molecular complexity index is 333. The molecule has 2 nitrogen and oxygen atoms in total. The van der Waals surface area contributed by atoms with Gasteiger partial charge in [-0.3, -0.25) is 0 Å². The van der Waals surface area contributed by atoms with Crippen LogP contribution in [0.1, 0.15) is 31.4 Å². The topological polar surface area (TPSA) is 35.2 Å². The summed E-state index contributed by atoms with van der Waals surface area (Å²) >= 11 is 0. The number of halogens is 3. The second-order valence-electron chi connectivity index (χ2n) is 3.92. The molecule has 0 saturated heterocycles. The molecule has 1 unspecified atom stereocenters. The lowest BCUT2D eigenvalue weighted by Gasteiger charge is -2.09. The van der Waals surface area contributed by atoms with Gasteiger partial charge in [-0.2, -0.15) is 13.2 Å². The van der Waals surface area contributed by atoms with E-state index in [1.54, 1.807) is 12.1 Å². The SMILES string of the molecule is CC(N)c1ccc(OCCCC(F)(F)F)cc1. The van der Waals surface area contributed by atoms with E-state index in [0.29, 0.717) is 5.75 Å². The van der Waals surface area contributed by atoms with Gasteiger partial charge in [0.15, 0.2) is 0 Å².